The Bertz CT molecular complexity index is 3420. The van der Waals surface area contributed by atoms with E-state index in [1.807, 2.05) is 60.7 Å². The molecule has 6 aromatic carbocycles. The van der Waals surface area contributed by atoms with E-state index in [4.69, 9.17) is 14.2 Å². The number of aryl methyl sites for hydroxylation is 4. The third kappa shape index (κ3) is 22.0. The van der Waals surface area contributed by atoms with Crippen molar-refractivity contribution in [1.82, 2.24) is 39.8 Å². The molecule has 2 aromatic heterocycles. The Hall–Kier alpha value is -7.56. The molecule has 13 rings (SSSR count). The first kappa shape index (κ1) is 69.8. The second kappa shape index (κ2) is 37.8. The quantitative estimate of drug-likeness (QED) is 0.0451. The number of amides is 2. The molecule has 5 aliphatic rings. The average Bonchev–Trinajstić information content (AvgIpc) is 1.08. The number of hydrogen-bond donors (Lipinski definition) is 2. The molecule has 0 aliphatic carbocycles. The van der Waals surface area contributed by atoms with Gasteiger partial charge in [-0.25, -0.2) is 0 Å². The van der Waals surface area contributed by atoms with E-state index in [1.165, 1.54) is 35.1 Å². The molecule has 1 unspecified atom stereocenters. The van der Waals surface area contributed by atoms with Crippen molar-refractivity contribution in [3.05, 3.63) is 217 Å². The van der Waals surface area contributed by atoms with E-state index >= 15 is 0 Å². The highest BCUT2D eigenvalue weighted by molar-refractivity contribution is 5.85. The summed E-state index contributed by atoms with van der Waals surface area (Å²) in [7, 11) is 0. The van der Waals surface area contributed by atoms with Gasteiger partial charge in [-0.2, -0.15) is 0 Å². The highest BCUT2D eigenvalue weighted by Gasteiger charge is 2.33. The molecule has 508 valence electrons. The first-order chi connectivity index (χ1) is 47.3. The lowest BCUT2D eigenvalue weighted by atomic mass is 9.92. The third-order valence-electron chi connectivity index (χ3n) is 20.2. The van der Waals surface area contributed by atoms with Gasteiger partial charge in [0, 0.05) is 106 Å². The number of hydrogen-bond acceptors (Lipinski definition) is 12. The van der Waals surface area contributed by atoms with Crippen LogP contribution in [0.5, 0.6) is 11.5 Å². The Morgan fingerprint density at radius 1 is 0.469 bits per heavy atom. The van der Waals surface area contributed by atoms with E-state index in [0.717, 1.165) is 208 Å². The van der Waals surface area contributed by atoms with Crippen LogP contribution in [0, 0.1) is 11.8 Å². The van der Waals surface area contributed by atoms with Crippen LogP contribution in [0.25, 0.3) is 21.8 Å². The molecule has 0 radical (unpaired) electrons. The summed E-state index contributed by atoms with van der Waals surface area (Å²) in [5.41, 5.74) is 7.33. The molecule has 14 heteroatoms. The SMILES string of the molecule is O=C(C(CCCc1ccccc1)CCCc1ccccc1)N1CCN(C2CCN(C[C@@H](O)COc3cccc4ncccc34)CC2)CC1.O=C(C(CCCc1ccccc1)CCCc1ccccc1)N1CCN(C2CCNCC2)CC1.c1cc(OCC2CO2)c2cccnc2c1. The van der Waals surface area contributed by atoms with E-state index in [-0.39, 0.29) is 24.5 Å². The summed E-state index contributed by atoms with van der Waals surface area (Å²) >= 11 is 0. The lowest BCUT2D eigenvalue weighted by Gasteiger charge is -2.43. The number of β-amino-alcohol motifs (C(OH)–C–C–N with tert-alkyl or cyclic N) is 1. The topological polar surface area (TPSA) is 139 Å². The summed E-state index contributed by atoms with van der Waals surface area (Å²) in [5.74, 6) is 2.67. The first-order valence-corrected chi connectivity index (χ1v) is 36.2. The van der Waals surface area contributed by atoms with Crippen LogP contribution in [0.3, 0.4) is 0 Å². The van der Waals surface area contributed by atoms with Crippen LogP contribution in [0.1, 0.15) is 99.3 Å². The average molecular weight is 1300 g/mol. The third-order valence-corrected chi connectivity index (χ3v) is 20.2. The van der Waals surface area contributed by atoms with Crippen LogP contribution in [-0.2, 0) is 40.0 Å². The van der Waals surface area contributed by atoms with Crippen molar-refractivity contribution in [3.63, 3.8) is 0 Å². The van der Waals surface area contributed by atoms with Crippen LogP contribution in [-0.4, -0.2) is 181 Å². The summed E-state index contributed by atoms with van der Waals surface area (Å²) in [6.45, 7) is 14.0. The number of piperazine rings is 2. The lowest BCUT2D eigenvalue weighted by molar-refractivity contribution is -0.139. The van der Waals surface area contributed by atoms with Crippen molar-refractivity contribution in [2.24, 2.45) is 11.8 Å². The van der Waals surface area contributed by atoms with Crippen LogP contribution in [0.2, 0.25) is 0 Å². The number of piperidine rings is 2. The predicted molar refractivity (Wildman–Crippen MR) is 386 cm³/mol. The Kier molecular flexibility index (Phi) is 27.5. The second-order valence-electron chi connectivity index (χ2n) is 27.0. The Morgan fingerprint density at radius 2 is 0.865 bits per heavy atom. The standard InChI is InChI=1S/C41H52N4O3.C29H41N3O.C12H11NO2/c46-37(32-48-40-21-9-20-39-38(40)19-10-24-42-39)31-43-25-22-36(23-26-43)44-27-29-45(30-28-44)41(47)35(17-7-15-33-11-3-1-4-12-33)18-8-16-34-13-5-2-6-14-34;33-29(32-23-21-31(22-24-32)28-17-19-30-20-18-28)27(15-7-13-25-9-3-1-4-10-25)16-8-14-26-11-5-2-6-12-26;1-4-11-10(3-2-6-13-11)12(5-1)15-8-9-7-14-9/h1-6,9-14,19-21,24,35-37,46H,7-8,15-18,22-23,25-32H2;1-6,9-12,27-28,30H,7-8,13-24H2;1-6,9H,7-8H2/t37-;;/m1../s1. The fraction of sp³-hybridized carbons (Fsp3) is 0.463. The molecule has 0 bridgehead atoms. The zero-order chi connectivity index (χ0) is 65.8. The number of aliphatic hydroxyl groups is 1. The molecular formula is C82H104N8O6. The number of carbonyl (C=O) groups excluding carboxylic acids is 2. The van der Waals surface area contributed by atoms with Crippen LogP contribution >= 0.6 is 0 Å². The minimum Gasteiger partial charge on any atom is -0.490 e. The summed E-state index contributed by atoms with van der Waals surface area (Å²) in [4.78, 5) is 48.0. The maximum atomic E-state index is 13.9. The van der Waals surface area contributed by atoms with Gasteiger partial charge >= 0.3 is 0 Å². The number of aromatic nitrogens is 2. The van der Waals surface area contributed by atoms with Gasteiger partial charge in [0.15, 0.2) is 0 Å². The van der Waals surface area contributed by atoms with Crippen molar-refractivity contribution >= 4 is 33.6 Å². The smallest absolute Gasteiger partial charge is 0.225 e. The number of aliphatic hydroxyl groups excluding tert-OH is 1. The number of nitrogens with zero attached hydrogens (tertiary/aromatic N) is 7. The van der Waals surface area contributed by atoms with Gasteiger partial charge in [-0.05, 0) is 200 Å². The molecule has 0 saturated carbocycles. The highest BCUT2D eigenvalue weighted by atomic mass is 16.6. The summed E-state index contributed by atoms with van der Waals surface area (Å²) in [5, 5.41) is 16.3. The number of fused-ring (bicyclic) bond motifs is 2. The molecule has 5 fully saturated rings. The van der Waals surface area contributed by atoms with Crippen LogP contribution in [0.15, 0.2) is 194 Å². The Labute approximate surface area is 571 Å². The minimum absolute atomic E-state index is 0.0971. The monoisotopic (exact) mass is 1300 g/mol. The molecule has 8 aromatic rings. The highest BCUT2D eigenvalue weighted by Crippen LogP contribution is 2.29. The van der Waals surface area contributed by atoms with Gasteiger partial charge in [-0.3, -0.25) is 29.4 Å². The Morgan fingerprint density at radius 3 is 1.27 bits per heavy atom. The molecule has 2 N–H and O–H groups in total. The molecule has 5 aliphatic heterocycles. The zero-order valence-corrected chi connectivity index (χ0v) is 56.7. The molecule has 2 amide bonds. The van der Waals surface area contributed by atoms with Crippen molar-refractivity contribution in [3.8, 4) is 11.5 Å². The number of benzene rings is 6. The van der Waals surface area contributed by atoms with Crippen LogP contribution < -0.4 is 14.8 Å². The van der Waals surface area contributed by atoms with Crippen molar-refractivity contribution in [2.75, 3.05) is 105 Å². The van der Waals surface area contributed by atoms with Gasteiger partial charge in [0.2, 0.25) is 11.8 Å². The van der Waals surface area contributed by atoms with E-state index in [0.29, 0.717) is 37.0 Å². The van der Waals surface area contributed by atoms with E-state index in [2.05, 4.69) is 161 Å². The maximum absolute atomic E-state index is 13.9. The van der Waals surface area contributed by atoms with Crippen molar-refractivity contribution < 1.29 is 28.9 Å². The van der Waals surface area contributed by atoms with Gasteiger partial charge < -0.3 is 39.3 Å². The molecular weight excluding hydrogens is 1190 g/mol. The number of nitrogens with one attached hydrogen (secondary N) is 1. The Balaban J connectivity index is 0.000000167. The number of pyridine rings is 2. The molecule has 0 spiro atoms. The van der Waals surface area contributed by atoms with E-state index in [9.17, 15) is 14.7 Å². The predicted octanol–water partition coefficient (Wildman–Crippen LogP) is 12.8. The number of ether oxygens (including phenoxy) is 3. The summed E-state index contributed by atoms with van der Waals surface area (Å²) in [6, 6.07) is 63.6. The number of rotatable bonds is 28. The fourth-order valence-electron chi connectivity index (χ4n) is 14.6. The second-order valence-corrected chi connectivity index (χ2v) is 27.0. The fourth-order valence-corrected chi connectivity index (χ4v) is 14.6. The normalized spacial score (nSPS) is 17.8. The van der Waals surface area contributed by atoms with Crippen molar-refractivity contribution in [2.45, 2.75) is 127 Å². The van der Waals surface area contributed by atoms with E-state index in [1.54, 1.807) is 12.4 Å². The van der Waals surface area contributed by atoms with Crippen molar-refractivity contribution in [1.29, 1.82) is 0 Å². The van der Waals surface area contributed by atoms with Crippen LogP contribution in [0.4, 0.5) is 0 Å². The molecule has 14 nitrogen and oxygen atoms in total. The zero-order valence-electron chi connectivity index (χ0n) is 56.7. The van der Waals surface area contributed by atoms with Gasteiger partial charge in [0.25, 0.3) is 0 Å². The molecule has 7 heterocycles. The first-order valence-electron chi connectivity index (χ1n) is 36.2. The summed E-state index contributed by atoms with van der Waals surface area (Å²) in [6.07, 6.45) is 20.3. The number of epoxide rings is 1. The lowest BCUT2D eigenvalue weighted by Crippen LogP contribution is -2.55. The largest absolute Gasteiger partial charge is 0.490 e. The summed E-state index contributed by atoms with van der Waals surface area (Å²) < 4.78 is 16.8. The molecule has 2 atom stereocenters. The number of likely N-dealkylation sites (tertiary alicyclic amines) is 1. The van der Waals surface area contributed by atoms with Gasteiger partial charge in [-0.1, -0.05) is 133 Å². The molecule has 5 saturated heterocycles. The van der Waals surface area contributed by atoms with Gasteiger partial charge in [0.05, 0.1) is 17.6 Å². The minimum atomic E-state index is -0.545. The van der Waals surface area contributed by atoms with Gasteiger partial charge in [0.1, 0.15) is 36.9 Å². The maximum Gasteiger partial charge on any atom is 0.225 e. The molecule has 96 heavy (non-hydrogen) atoms. The number of carbonyl (C=O) groups is 2. The van der Waals surface area contributed by atoms with E-state index < -0.39 is 6.10 Å². The van der Waals surface area contributed by atoms with Gasteiger partial charge in [-0.15, -0.1) is 0 Å².